The molecule has 0 fully saturated rings. The molecule has 5 nitrogen and oxygen atoms in total. The monoisotopic (exact) mass is 249 g/mol. The van der Waals surface area contributed by atoms with Crippen molar-refractivity contribution in [3.8, 4) is 0 Å². The van der Waals surface area contributed by atoms with Crippen molar-refractivity contribution in [2.75, 3.05) is 0 Å². The van der Waals surface area contributed by atoms with Crippen molar-refractivity contribution >= 4 is 16.0 Å². The Bertz CT molecular complexity index is 335. The SMILES string of the molecule is CC(C)[C@@H](NS(=O)(=O)C(F)(F)F)C(=O)O. The van der Waals surface area contributed by atoms with Crippen molar-refractivity contribution in [3.63, 3.8) is 0 Å². The first kappa shape index (κ1) is 14.2. The third-order valence-corrected chi connectivity index (χ3v) is 2.69. The lowest BCUT2D eigenvalue weighted by atomic mass is 10.1. The van der Waals surface area contributed by atoms with E-state index in [9.17, 15) is 26.4 Å². The Labute approximate surface area is 84.3 Å². The molecule has 0 aliphatic carbocycles. The van der Waals surface area contributed by atoms with Crippen molar-refractivity contribution in [1.82, 2.24) is 4.72 Å². The number of hydrogen-bond donors (Lipinski definition) is 2. The van der Waals surface area contributed by atoms with Crippen molar-refractivity contribution in [2.24, 2.45) is 5.92 Å². The summed E-state index contributed by atoms with van der Waals surface area (Å²) in [6.07, 6.45) is 0. The van der Waals surface area contributed by atoms with Gasteiger partial charge in [-0.2, -0.15) is 17.9 Å². The predicted octanol–water partition coefficient (Wildman–Crippen LogP) is 0.535. The number of hydrogen-bond acceptors (Lipinski definition) is 3. The number of alkyl halides is 3. The van der Waals surface area contributed by atoms with E-state index < -0.39 is 33.5 Å². The van der Waals surface area contributed by atoms with Crippen molar-refractivity contribution in [1.29, 1.82) is 0 Å². The van der Waals surface area contributed by atoms with Crippen LogP contribution in [0.1, 0.15) is 13.8 Å². The highest BCUT2D eigenvalue weighted by Gasteiger charge is 2.48. The Morgan fingerprint density at radius 2 is 1.73 bits per heavy atom. The Kier molecular flexibility index (Phi) is 4.11. The summed E-state index contributed by atoms with van der Waals surface area (Å²) in [4.78, 5) is 10.5. The topological polar surface area (TPSA) is 83.5 Å². The quantitative estimate of drug-likeness (QED) is 0.761. The van der Waals surface area contributed by atoms with E-state index in [1.165, 1.54) is 13.8 Å². The maximum absolute atomic E-state index is 11.9. The third kappa shape index (κ3) is 3.67. The van der Waals surface area contributed by atoms with E-state index in [2.05, 4.69) is 0 Å². The van der Waals surface area contributed by atoms with Gasteiger partial charge in [-0.25, -0.2) is 8.42 Å². The molecule has 0 bridgehead atoms. The van der Waals surface area contributed by atoms with Crippen LogP contribution < -0.4 is 4.72 Å². The number of carbonyl (C=O) groups is 1. The minimum absolute atomic E-state index is 0.792. The van der Waals surface area contributed by atoms with E-state index in [0.29, 0.717) is 0 Å². The standard InChI is InChI=1S/C6H10F3NO4S/c1-3(2)4(5(11)12)10-15(13,14)6(7,8)9/h3-4,10H,1-2H3,(H,11,12)/t4-/m1/s1. The van der Waals surface area contributed by atoms with Crippen LogP contribution in [-0.2, 0) is 14.8 Å². The molecule has 90 valence electrons. The molecule has 0 aromatic rings. The smallest absolute Gasteiger partial charge is 0.480 e. The van der Waals surface area contributed by atoms with Crippen molar-refractivity contribution in [2.45, 2.75) is 25.4 Å². The van der Waals surface area contributed by atoms with Crippen molar-refractivity contribution in [3.05, 3.63) is 0 Å². The number of nitrogens with one attached hydrogen (secondary N) is 1. The van der Waals surface area contributed by atoms with Gasteiger partial charge in [0, 0.05) is 0 Å². The van der Waals surface area contributed by atoms with Crippen LogP contribution in [0.25, 0.3) is 0 Å². The van der Waals surface area contributed by atoms with Gasteiger partial charge in [-0.3, -0.25) is 4.79 Å². The van der Waals surface area contributed by atoms with Crippen LogP contribution in [0.2, 0.25) is 0 Å². The second-order valence-corrected chi connectivity index (χ2v) is 4.83. The lowest BCUT2D eigenvalue weighted by Crippen LogP contribution is -2.48. The zero-order valence-corrected chi connectivity index (χ0v) is 8.69. The molecule has 0 amide bonds. The average molecular weight is 249 g/mol. The maximum Gasteiger partial charge on any atom is 0.511 e. The molecule has 0 saturated carbocycles. The predicted molar refractivity (Wildman–Crippen MR) is 44.4 cm³/mol. The normalized spacial score (nSPS) is 15.3. The lowest BCUT2D eigenvalue weighted by Gasteiger charge is -2.18. The van der Waals surface area contributed by atoms with Crippen LogP contribution in [0.4, 0.5) is 13.2 Å². The lowest BCUT2D eigenvalue weighted by molar-refractivity contribution is -0.140. The van der Waals surface area contributed by atoms with Gasteiger partial charge in [0.25, 0.3) is 0 Å². The van der Waals surface area contributed by atoms with Gasteiger partial charge in [0.2, 0.25) is 0 Å². The molecule has 0 aliphatic heterocycles. The van der Waals surface area contributed by atoms with E-state index in [1.54, 1.807) is 0 Å². The molecule has 0 unspecified atom stereocenters. The van der Waals surface area contributed by atoms with E-state index in [-0.39, 0.29) is 0 Å². The van der Waals surface area contributed by atoms with E-state index in [1.807, 2.05) is 0 Å². The first-order chi connectivity index (χ1) is 6.49. The Morgan fingerprint density at radius 3 is 1.93 bits per heavy atom. The fraction of sp³-hybridized carbons (Fsp3) is 0.833. The zero-order valence-electron chi connectivity index (χ0n) is 7.87. The second kappa shape index (κ2) is 4.35. The van der Waals surface area contributed by atoms with Gasteiger partial charge < -0.3 is 5.11 Å². The summed E-state index contributed by atoms with van der Waals surface area (Å²) < 4.78 is 57.9. The minimum atomic E-state index is -5.62. The molecule has 0 heterocycles. The average Bonchev–Trinajstić information content (AvgIpc) is 1.96. The van der Waals surface area contributed by atoms with Gasteiger partial charge in [-0.15, -0.1) is 0 Å². The van der Waals surface area contributed by atoms with Gasteiger partial charge >= 0.3 is 21.5 Å². The number of sulfonamides is 1. The molecule has 0 spiro atoms. The number of rotatable bonds is 4. The van der Waals surface area contributed by atoms with Gasteiger partial charge in [0.05, 0.1) is 0 Å². The molecule has 0 radical (unpaired) electrons. The van der Waals surface area contributed by atoms with Crippen LogP contribution >= 0.6 is 0 Å². The van der Waals surface area contributed by atoms with Crippen LogP contribution in [0.15, 0.2) is 0 Å². The first-order valence-electron chi connectivity index (χ1n) is 3.80. The van der Waals surface area contributed by atoms with Gasteiger partial charge in [0.15, 0.2) is 0 Å². The highest BCUT2D eigenvalue weighted by atomic mass is 32.2. The van der Waals surface area contributed by atoms with Crippen LogP contribution in [0.3, 0.4) is 0 Å². The van der Waals surface area contributed by atoms with E-state index in [0.717, 1.165) is 4.72 Å². The molecule has 9 heteroatoms. The maximum atomic E-state index is 11.9. The third-order valence-electron chi connectivity index (χ3n) is 1.52. The summed E-state index contributed by atoms with van der Waals surface area (Å²) >= 11 is 0. The van der Waals surface area contributed by atoms with E-state index in [4.69, 9.17) is 5.11 Å². The fourth-order valence-corrected chi connectivity index (χ4v) is 1.55. The number of carboxylic acids is 1. The molecule has 0 rings (SSSR count). The molecule has 0 aromatic carbocycles. The fourth-order valence-electron chi connectivity index (χ4n) is 0.706. The molecular formula is C6H10F3NO4S. The molecule has 0 aliphatic rings. The summed E-state index contributed by atoms with van der Waals surface area (Å²) in [5, 5.41) is 8.48. The van der Waals surface area contributed by atoms with Gasteiger partial charge in [0.1, 0.15) is 6.04 Å². The van der Waals surface area contributed by atoms with Gasteiger partial charge in [-0.1, -0.05) is 13.8 Å². The summed E-state index contributed by atoms with van der Waals surface area (Å²) in [6.45, 7) is 2.58. The summed E-state index contributed by atoms with van der Waals surface area (Å²) in [7, 11) is -5.62. The molecule has 0 saturated heterocycles. The summed E-state index contributed by atoms with van der Waals surface area (Å²) in [5.41, 5.74) is -5.50. The minimum Gasteiger partial charge on any atom is -0.480 e. The Morgan fingerprint density at radius 1 is 1.33 bits per heavy atom. The summed E-state index contributed by atoms with van der Waals surface area (Å²) in [6, 6.07) is -1.79. The van der Waals surface area contributed by atoms with E-state index >= 15 is 0 Å². The molecule has 2 N–H and O–H groups in total. The van der Waals surface area contributed by atoms with Crippen LogP contribution in [-0.4, -0.2) is 31.0 Å². The van der Waals surface area contributed by atoms with Gasteiger partial charge in [-0.05, 0) is 5.92 Å². The number of halogens is 3. The summed E-state index contributed by atoms with van der Waals surface area (Å²) in [5.74, 6) is -2.45. The Hall–Kier alpha value is -0.830. The number of aliphatic carboxylic acids is 1. The molecule has 0 aromatic heterocycles. The molecule has 15 heavy (non-hydrogen) atoms. The van der Waals surface area contributed by atoms with Crippen LogP contribution in [0, 0.1) is 5.92 Å². The van der Waals surface area contributed by atoms with Crippen molar-refractivity contribution < 1.29 is 31.5 Å². The molecular weight excluding hydrogens is 239 g/mol. The highest BCUT2D eigenvalue weighted by molar-refractivity contribution is 7.90. The first-order valence-corrected chi connectivity index (χ1v) is 5.28. The largest absolute Gasteiger partial charge is 0.511 e. The van der Waals surface area contributed by atoms with Crippen LogP contribution in [0.5, 0.6) is 0 Å². The number of carboxylic acid groups (broad SMARTS) is 1. The second-order valence-electron chi connectivity index (χ2n) is 3.13. The Balaban J connectivity index is 4.93. The highest BCUT2D eigenvalue weighted by Crippen LogP contribution is 2.22. The zero-order chi connectivity index (χ0) is 12.4. The molecule has 1 atom stereocenters.